The van der Waals surface area contributed by atoms with Crippen LogP contribution in [-0.2, 0) is 6.54 Å². The number of para-hydroxylation sites is 2. The van der Waals surface area contributed by atoms with Gasteiger partial charge in [-0.25, -0.2) is 4.39 Å². The normalized spacial score (nSPS) is 13.9. The summed E-state index contributed by atoms with van der Waals surface area (Å²) in [5.41, 5.74) is 3.20. The maximum atomic E-state index is 12.8. The van der Waals surface area contributed by atoms with E-state index in [1.54, 1.807) is 6.07 Å². The van der Waals surface area contributed by atoms with Crippen molar-refractivity contribution >= 4 is 11.4 Å². The molecule has 3 rings (SSSR count). The van der Waals surface area contributed by atoms with Gasteiger partial charge in [-0.15, -0.1) is 0 Å². The highest BCUT2D eigenvalue weighted by molar-refractivity contribution is 5.71. The van der Waals surface area contributed by atoms with Gasteiger partial charge in [-0.05, 0) is 24.3 Å². The molecule has 1 aliphatic heterocycles. The van der Waals surface area contributed by atoms with Crippen LogP contribution in [0.4, 0.5) is 15.8 Å². The van der Waals surface area contributed by atoms with Crippen LogP contribution < -0.4 is 10.2 Å². The fourth-order valence-corrected chi connectivity index (χ4v) is 2.20. The summed E-state index contributed by atoms with van der Waals surface area (Å²) < 4.78 is 12.8. The van der Waals surface area contributed by atoms with Crippen molar-refractivity contribution in [2.45, 2.75) is 6.54 Å². The molecule has 3 nitrogen and oxygen atoms in total. The Hall–Kier alpha value is -2.10. The van der Waals surface area contributed by atoms with Gasteiger partial charge in [0.15, 0.2) is 0 Å². The molecular formula is C14H14FN3. The number of fused-ring (bicyclic) bond motifs is 1. The molecule has 0 saturated heterocycles. The maximum absolute atomic E-state index is 12.8. The SMILES string of the molecule is Fc1ccc(CN2CCNc3ccccc32)nc1. The van der Waals surface area contributed by atoms with E-state index in [2.05, 4.69) is 27.3 Å². The highest BCUT2D eigenvalue weighted by Gasteiger charge is 2.16. The molecular weight excluding hydrogens is 229 g/mol. The van der Waals surface area contributed by atoms with Crippen LogP contribution in [0.3, 0.4) is 0 Å². The van der Waals surface area contributed by atoms with Crippen molar-refractivity contribution in [3.05, 3.63) is 54.1 Å². The molecule has 2 aromatic rings. The van der Waals surface area contributed by atoms with E-state index in [4.69, 9.17) is 0 Å². The predicted molar refractivity (Wildman–Crippen MR) is 70.2 cm³/mol. The zero-order valence-corrected chi connectivity index (χ0v) is 9.94. The van der Waals surface area contributed by atoms with Crippen molar-refractivity contribution in [2.75, 3.05) is 23.3 Å². The fourth-order valence-electron chi connectivity index (χ4n) is 2.20. The second-order valence-electron chi connectivity index (χ2n) is 4.33. The molecule has 0 fully saturated rings. The molecule has 1 aromatic carbocycles. The van der Waals surface area contributed by atoms with Crippen molar-refractivity contribution in [2.24, 2.45) is 0 Å². The summed E-state index contributed by atoms with van der Waals surface area (Å²) in [6.07, 6.45) is 1.27. The number of pyridine rings is 1. The van der Waals surface area contributed by atoms with Crippen molar-refractivity contribution < 1.29 is 4.39 Å². The number of nitrogens with one attached hydrogen (secondary N) is 1. The molecule has 18 heavy (non-hydrogen) atoms. The first-order chi connectivity index (χ1) is 8.83. The van der Waals surface area contributed by atoms with Crippen LogP contribution >= 0.6 is 0 Å². The van der Waals surface area contributed by atoms with Crippen molar-refractivity contribution in [1.82, 2.24) is 4.98 Å². The van der Waals surface area contributed by atoms with E-state index in [1.165, 1.54) is 18.0 Å². The number of anilines is 2. The number of rotatable bonds is 2. The third-order valence-corrected chi connectivity index (χ3v) is 3.08. The minimum atomic E-state index is -0.292. The molecule has 0 unspecified atom stereocenters. The van der Waals surface area contributed by atoms with Crippen molar-refractivity contribution in [3.8, 4) is 0 Å². The Balaban J connectivity index is 1.84. The largest absolute Gasteiger partial charge is 0.382 e. The zero-order chi connectivity index (χ0) is 12.4. The topological polar surface area (TPSA) is 28.2 Å². The molecule has 1 N–H and O–H groups in total. The Labute approximate surface area is 105 Å². The van der Waals surface area contributed by atoms with Gasteiger partial charge in [-0.3, -0.25) is 4.98 Å². The van der Waals surface area contributed by atoms with Crippen molar-refractivity contribution in [3.63, 3.8) is 0 Å². The minimum Gasteiger partial charge on any atom is -0.382 e. The molecule has 0 aliphatic carbocycles. The third kappa shape index (κ3) is 2.14. The van der Waals surface area contributed by atoms with Gasteiger partial charge in [0.1, 0.15) is 5.82 Å². The van der Waals surface area contributed by atoms with Crippen LogP contribution in [0.1, 0.15) is 5.69 Å². The molecule has 0 saturated carbocycles. The third-order valence-electron chi connectivity index (χ3n) is 3.08. The monoisotopic (exact) mass is 243 g/mol. The van der Waals surface area contributed by atoms with E-state index in [1.807, 2.05) is 12.1 Å². The van der Waals surface area contributed by atoms with E-state index in [-0.39, 0.29) is 5.82 Å². The molecule has 0 bridgehead atoms. The van der Waals surface area contributed by atoms with Crippen LogP contribution in [0.2, 0.25) is 0 Å². The number of benzene rings is 1. The summed E-state index contributed by atoms with van der Waals surface area (Å²) in [6, 6.07) is 11.4. The summed E-state index contributed by atoms with van der Waals surface area (Å²) in [6.45, 7) is 2.55. The lowest BCUT2D eigenvalue weighted by Gasteiger charge is -2.31. The standard InChI is InChI=1S/C14H14FN3/c15-11-5-6-12(17-9-11)10-18-8-7-16-13-3-1-2-4-14(13)18/h1-6,9,16H,7-8,10H2. The summed E-state index contributed by atoms with van der Waals surface area (Å²) in [5.74, 6) is -0.292. The van der Waals surface area contributed by atoms with E-state index in [9.17, 15) is 4.39 Å². The van der Waals surface area contributed by atoms with Crippen LogP contribution in [-0.4, -0.2) is 18.1 Å². The number of aromatic nitrogens is 1. The van der Waals surface area contributed by atoms with Gasteiger partial charge in [-0.1, -0.05) is 12.1 Å². The number of hydrogen-bond acceptors (Lipinski definition) is 3. The molecule has 0 radical (unpaired) electrons. The van der Waals surface area contributed by atoms with Gasteiger partial charge in [0.25, 0.3) is 0 Å². The highest BCUT2D eigenvalue weighted by atomic mass is 19.1. The Kier molecular flexibility index (Phi) is 2.84. The average Bonchev–Trinajstić information content (AvgIpc) is 2.42. The van der Waals surface area contributed by atoms with Gasteiger partial charge in [-0.2, -0.15) is 0 Å². The second kappa shape index (κ2) is 4.64. The van der Waals surface area contributed by atoms with Gasteiger partial charge in [0.05, 0.1) is 29.8 Å². The summed E-state index contributed by atoms with van der Waals surface area (Å²) in [4.78, 5) is 6.36. The number of nitrogens with zero attached hydrogens (tertiary/aromatic N) is 2. The minimum absolute atomic E-state index is 0.292. The van der Waals surface area contributed by atoms with Crippen LogP contribution in [0.15, 0.2) is 42.6 Å². The second-order valence-corrected chi connectivity index (χ2v) is 4.33. The first kappa shape index (κ1) is 11.0. The molecule has 1 aromatic heterocycles. The fraction of sp³-hybridized carbons (Fsp3) is 0.214. The molecule has 92 valence electrons. The van der Waals surface area contributed by atoms with Gasteiger partial charge < -0.3 is 10.2 Å². The molecule has 1 aliphatic rings. The Morgan fingerprint density at radius 2 is 2.11 bits per heavy atom. The Bertz CT molecular complexity index is 539. The summed E-state index contributed by atoms with van der Waals surface area (Å²) >= 11 is 0. The van der Waals surface area contributed by atoms with Crippen molar-refractivity contribution in [1.29, 1.82) is 0 Å². The Morgan fingerprint density at radius 3 is 2.94 bits per heavy atom. The van der Waals surface area contributed by atoms with Crippen LogP contribution in [0.5, 0.6) is 0 Å². The van der Waals surface area contributed by atoms with E-state index >= 15 is 0 Å². The zero-order valence-electron chi connectivity index (χ0n) is 9.94. The van der Waals surface area contributed by atoms with E-state index in [0.717, 1.165) is 24.5 Å². The van der Waals surface area contributed by atoms with Gasteiger partial charge >= 0.3 is 0 Å². The lowest BCUT2D eigenvalue weighted by Crippen LogP contribution is -2.33. The lowest BCUT2D eigenvalue weighted by atomic mass is 10.2. The molecule has 2 heterocycles. The number of halogens is 1. The van der Waals surface area contributed by atoms with Gasteiger partial charge in [0, 0.05) is 13.1 Å². The molecule has 0 amide bonds. The van der Waals surface area contributed by atoms with E-state index in [0.29, 0.717) is 6.54 Å². The first-order valence-electron chi connectivity index (χ1n) is 6.01. The van der Waals surface area contributed by atoms with Crippen LogP contribution in [0, 0.1) is 5.82 Å². The average molecular weight is 243 g/mol. The molecule has 0 atom stereocenters. The van der Waals surface area contributed by atoms with E-state index < -0.39 is 0 Å². The molecule has 0 spiro atoms. The van der Waals surface area contributed by atoms with Gasteiger partial charge in [0.2, 0.25) is 0 Å². The molecule has 4 heteroatoms. The smallest absolute Gasteiger partial charge is 0.141 e. The summed E-state index contributed by atoms with van der Waals surface area (Å²) in [7, 11) is 0. The Morgan fingerprint density at radius 1 is 1.22 bits per heavy atom. The first-order valence-corrected chi connectivity index (χ1v) is 6.01. The lowest BCUT2D eigenvalue weighted by molar-refractivity contribution is 0.618. The summed E-state index contributed by atoms with van der Waals surface area (Å²) in [5, 5.41) is 3.37. The number of hydrogen-bond donors (Lipinski definition) is 1. The maximum Gasteiger partial charge on any atom is 0.141 e. The highest BCUT2D eigenvalue weighted by Crippen LogP contribution is 2.29. The quantitative estimate of drug-likeness (QED) is 0.879. The van der Waals surface area contributed by atoms with Crippen LogP contribution in [0.25, 0.3) is 0 Å². The predicted octanol–water partition coefficient (Wildman–Crippen LogP) is 2.65.